The van der Waals surface area contributed by atoms with E-state index in [9.17, 15) is 0 Å². The van der Waals surface area contributed by atoms with Crippen molar-refractivity contribution in [2.45, 2.75) is 47.1 Å². The fraction of sp³-hybridized carbons (Fsp3) is 0.846. The van der Waals surface area contributed by atoms with Crippen LogP contribution in [0.2, 0.25) is 0 Å². The summed E-state index contributed by atoms with van der Waals surface area (Å²) in [6, 6.07) is 0. The van der Waals surface area contributed by atoms with Crippen LogP contribution in [0, 0.1) is 11.3 Å². The van der Waals surface area contributed by atoms with Crippen LogP contribution >= 0.6 is 0 Å². The maximum atomic E-state index is 5.75. The van der Waals surface area contributed by atoms with Crippen LogP contribution in [0.4, 0.5) is 0 Å². The van der Waals surface area contributed by atoms with E-state index >= 15 is 0 Å². The van der Waals surface area contributed by atoms with Gasteiger partial charge in [0.1, 0.15) is 5.60 Å². The highest BCUT2D eigenvalue weighted by Crippen LogP contribution is 2.39. The third-order valence-electron chi connectivity index (χ3n) is 3.27. The van der Waals surface area contributed by atoms with Crippen LogP contribution < -0.4 is 0 Å². The lowest BCUT2D eigenvalue weighted by Crippen LogP contribution is -2.57. The van der Waals surface area contributed by atoms with Crippen LogP contribution in [0.5, 0.6) is 0 Å². The van der Waals surface area contributed by atoms with E-state index in [4.69, 9.17) is 4.74 Å². The van der Waals surface area contributed by atoms with E-state index in [0.29, 0.717) is 5.41 Å². The molecule has 1 heterocycles. The molecule has 1 aliphatic rings. The first-order valence-electron chi connectivity index (χ1n) is 5.77. The molecule has 1 saturated heterocycles. The molecule has 2 heteroatoms. The Balaban J connectivity index is 2.42. The minimum Gasteiger partial charge on any atom is -0.474 e. The van der Waals surface area contributed by atoms with Crippen molar-refractivity contribution in [3.05, 3.63) is 12.5 Å². The fourth-order valence-electron chi connectivity index (χ4n) is 1.79. The van der Waals surface area contributed by atoms with E-state index < -0.39 is 0 Å². The second-order valence-corrected chi connectivity index (χ2v) is 6.27. The Morgan fingerprint density at radius 2 is 1.80 bits per heavy atom. The summed E-state index contributed by atoms with van der Waals surface area (Å²) >= 11 is 0. The maximum Gasteiger partial charge on any atom is 0.182 e. The van der Waals surface area contributed by atoms with E-state index in [1.54, 1.807) is 0 Å². The number of likely N-dealkylation sites (tertiary alicyclic amines) is 1. The minimum atomic E-state index is -0.138. The lowest BCUT2D eigenvalue weighted by Gasteiger charge is -2.52. The lowest BCUT2D eigenvalue weighted by atomic mass is 9.73. The molecule has 0 atom stereocenters. The van der Waals surface area contributed by atoms with Gasteiger partial charge in [0, 0.05) is 18.5 Å². The molecule has 1 aliphatic heterocycles. The molecule has 0 aromatic carbocycles. The van der Waals surface area contributed by atoms with Crippen molar-refractivity contribution in [1.29, 1.82) is 0 Å². The van der Waals surface area contributed by atoms with Crippen LogP contribution in [-0.4, -0.2) is 23.6 Å². The van der Waals surface area contributed by atoms with E-state index in [1.807, 2.05) is 0 Å². The Labute approximate surface area is 94.3 Å². The molecule has 1 rings (SSSR count). The SMILES string of the molecule is C=C(OC(C)(C)C)N1CC(C)(C(C)C)C1. The summed E-state index contributed by atoms with van der Waals surface area (Å²) < 4.78 is 5.75. The van der Waals surface area contributed by atoms with Gasteiger partial charge < -0.3 is 9.64 Å². The summed E-state index contributed by atoms with van der Waals surface area (Å²) in [7, 11) is 0. The summed E-state index contributed by atoms with van der Waals surface area (Å²) in [5.74, 6) is 1.54. The molecule has 0 N–H and O–H groups in total. The molecular weight excluding hydrogens is 186 g/mol. The van der Waals surface area contributed by atoms with E-state index in [0.717, 1.165) is 24.9 Å². The van der Waals surface area contributed by atoms with Crippen LogP contribution in [-0.2, 0) is 4.74 Å². The summed E-state index contributed by atoms with van der Waals surface area (Å²) in [4.78, 5) is 2.23. The Hall–Kier alpha value is -0.660. The molecule has 2 nitrogen and oxygen atoms in total. The number of hydrogen-bond acceptors (Lipinski definition) is 2. The van der Waals surface area contributed by atoms with Crippen LogP contribution in [0.15, 0.2) is 12.5 Å². The third-order valence-corrected chi connectivity index (χ3v) is 3.27. The zero-order chi connectivity index (χ0) is 11.9. The molecule has 0 spiro atoms. The first kappa shape index (κ1) is 12.4. The zero-order valence-electron chi connectivity index (χ0n) is 11.1. The molecule has 0 bridgehead atoms. The van der Waals surface area contributed by atoms with Crippen LogP contribution in [0.25, 0.3) is 0 Å². The van der Waals surface area contributed by atoms with Gasteiger partial charge in [0.15, 0.2) is 5.88 Å². The van der Waals surface area contributed by atoms with Gasteiger partial charge in [0.2, 0.25) is 0 Å². The van der Waals surface area contributed by atoms with Crippen molar-refractivity contribution in [3.8, 4) is 0 Å². The van der Waals surface area contributed by atoms with Gasteiger partial charge in [0.25, 0.3) is 0 Å². The molecule has 0 aromatic rings. The molecule has 88 valence electrons. The second kappa shape index (κ2) is 3.73. The molecule has 0 saturated carbocycles. The van der Waals surface area contributed by atoms with Gasteiger partial charge in [0.05, 0.1) is 0 Å². The van der Waals surface area contributed by atoms with Gasteiger partial charge in [-0.1, -0.05) is 20.8 Å². The number of rotatable bonds is 3. The molecule has 0 aromatic heterocycles. The molecule has 0 amide bonds. The Morgan fingerprint density at radius 3 is 2.13 bits per heavy atom. The Morgan fingerprint density at radius 1 is 1.33 bits per heavy atom. The summed E-state index contributed by atoms with van der Waals surface area (Å²) in [5.41, 5.74) is 0.297. The van der Waals surface area contributed by atoms with E-state index in [-0.39, 0.29) is 5.60 Å². The van der Waals surface area contributed by atoms with Gasteiger partial charge >= 0.3 is 0 Å². The van der Waals surface area contributed by atoms with Crippen LogP contribution in [0.3, 0.4) is 0 Å². The first-order chi connectivity index (χ1) is 6.64. The van der Waals surface area contributed by atoms with Crippen molar-refractivity contribution in [3.63, 3.8) is 0 Å². The highest BCUT2D eigenvalue weighted by Gasteiger charge is 2.42. The van der Waals surface area contributed by atoms with Crippen molar-refractivity contribution in [1.82, 2.24) is 4.90 Å². The normalized spacial score (nSPS) is 20.1. The van der Waals surface area contributed by atoms with Crippen molar-refractivity contribution >= 4 is 0 Å². The lowest BCUT2D eigenvalue weighted by molar-refractivity contribution is -0.0743. The number of ether oxygens (including phenoxy) is 1. The topological polar surface area (TPSA) is 12.5 Å². The third kappa shape index (κ3) is 2.90. The predicted octanol–water partition coefficient (Wildman–Crippen LogP) is 3.25. The summed E-state index contributed by atoms with van der Waals surface area (Å²) in [5, 5.41) is 0. The summed E-state index contributed by atoms with van der Waals surface area (Å²) in [6.45, 7) is 19.2. The smallest absolute Gasteiger partial charge is 0.182 e. The van der Waals surface area contributed by atoms with Gasteiger partial charge in [-0.25, -0.2) is 0 Å². The first-order valence-corrected chi connectivity index (χ1v) is 5.77. The van der Waals surface area contributed by atoms with E-state index in [1.165, 1.54) is 0 Å². The van der Waals surface area contributed by atoms with Crippen molar-refractivity contribution in [2.24, 2.45) is 11.3 Å². The van der Waals surface area contributed by atoms with Gasteiger partial charge in [-0.3, -0.25) is 0 Å². The number of hydrogen-bond donors (Lipinski definition) is 0. The molecule has 15 heavy (non-hydrogen) atoms. The average molecular weight is 211 g/mol. The second-order valence-electron chi connectivity index (χ2n) is 6.27. The molecular formula is C13H25NO. The monoisotopic (exact) mass is 211 g/mol. The standard InChI is InChI=1S/C13H25NO/c1-10(2)13(7)8-14(9-13)11(3)15-12(4,5)6/h10H,3,8-9H2,1-2,4-7H3. The van der Waals surface area contributed by atoms with Crippen molar-refractivity contribution in [2.75, 3.05) is 13.1 Å². The molecule has 0 unspecified atom stereocenters. The maximum absolute atomic E-state index is 5.75. The highest BCUT2D eigenvalue weighted by atomic mass is 16.5. The fourth-order valence-corrected chi connectivity index (χ4v) is 1.79. The van der Waals surface area contributed by atoms with Crippen molar-refractivity contribution < 1.29 is 4.74 Å². The average Bonchev–Trinajstić information content (AvgIpc) is 1.94. The van der Waals surface area contributed by atoms with Gasteiger partial charge in [-0.15, -0.1) is 0 Å². The quantitative estimate of drug-likeness (QED) is 0.664. The zero-order valence-corrected chi connectivity index (χ0v) is 11.1. The van der Waals surface area contributed by atoms with Gasteiger partial charge in [-0.05, 0) is 33.3 Å². The highest BCUT2D eigenvalue weighted by molar-refractivity contribution is 5.02. The molecule has 1 fully saturated rings. The molecule has 0 radical (unpaired) electrons. The predicted molar refractivity (Wildman–Crippen MR) is 64.5 cm³/mol. The Bertz CT molecular complexity index is 244. The summed E-state index contributed by atoms with van der Waals surface area (Å²) in [6.07, 6.45) is 0. The Kier molecular flexibility index (Phi) is 3.09. The van der Waals surface area contributed by atoms with Crippen LogP contribution in [0.1, 0.15) is 41.5 Å². The number of nitrogens with zero attached hydrogens (tertiary/aromatic N) is 1. The minimum absolute atomic E-state index is 0.138. The molecule has 0 aliphatic carbocycles. The van der Waals surface area contributed by atoms with Gasteiger partial charge in [-0.2, -0.15) is 0 Å². The van der Waals surface area contributed by atoms with E-state index in [2.05, 4.69) is 53.0 Å². The largest absolute Gasteiger partial charge is 0.474 e.